The summed E-state index contributed by atoms with van der Waals surface area (Å²) in [5.41, 5.74) is 1.29. The second kappa shape index (κ2) is 7.93. The molecule has 0 spiro atoms. The summed E-state index contributed by atoms with van der Waals surface area (Å²) in [5, 5.41) is 4.24. The van der Waals surface area contributed by atoms with Gasteiger partial charge in [0.25, 0.3) is 0 Å². The number of nitrogens with one attached hydrogen (secondary N) is 1. The van der Waals surface area contributed by atoms with Gasteiger partial charge < -0.3 is 10.1 Å². The van der Waals surface area contributed by atoms with Gasteiger partial charge in [0.15, 0.2) is 0 Å². The highest BCUT2D eigenvalue weighted by atomic mass is 35.5. The highest BCUT2D eigenvalue weighted by molar-refractivity contribution is 6.30. The van der Waals surface area contributed by atoms with Crippen LogP contribution in [0.15, 0.2) is 54.6 Å². The maximum absolute atomic E-state index is 5.88. The van der Waals surface area contributed by atoms with Crippen molar-refractivity contribution in [1.82, 2.24) is 5.32 Å². The SMILES string of the molecule is CC(Cc1ccc(Cl)cc1)NCCOc1ccccc1. The van der Waals surface area contributed by atoms with Gasteiger partial charge in [0, 0.05) is 17.6 Å². The van der Waals surface area contributed by atoms with E-state index in [0.29, 0.717) is 12.6 Å². The van der Waals surface area contributed by atoms with Crippen molar-refractivity contribution < 1.29 is 4.74 Å². The molecule has 0 heterocycles. The molecule has 20 heavy (non-hydrogen) atoms. The van der Waals surface area contributed by atoms with Gasteiger partial charge in [-0.1, -0.05) is 41.9 Å². The van der Waals surface area contributed by atoms with E-state index in [1.165, 1.54) is 5.56 Å². The molecule has 1 atom stereocenters. The van der Waals surface area contributed by atoms with E-state index < -0.39 is 0 Å². The minimum absolute atomic E-state index is 0.413. The normalized spacial score (nSPS) is 12.1. The van der Waals surface area contributed by atoms with Crippen molar-refractivity contribution in [2.24, 2.45) is 0 Å². The number of rotatable bonds is 7. The Morgan fingerprint density at radius 2 is 1.75 bits per heavy atom. The number of hydrogen-bond acceptors (Lipinski definition) is 2. The van der Waals surface area contributed by atoms with Crippen LogP contribution in [0.4, 0.5) is 0 Å². The fourth-order valence-corrected chi connectivity index (χ4v) is 2.16. The summed E-state index contributed by atoms with van der Waals surface area (Å²) >= 11 is 5.88. The summed E-state index contributed by atoms with van der Waals surface area (Å²) in [6.07, 6.45) is 0.989. The third-order valence-electron chi connectivity index (χ3n) is 3.06. The molecule has 0 aliphatic carbocycles. The van der Waals surface area contributed by atoms with Crippen molar-refractivity contribution in [2.75, 3.05) is 13.2 Å². The van der Waals surface area contributed by atoms with Gasteiger partial charge in [0.1, 0.15) is 12.4 Å². The summed E-state index contributed by atoms with van der Waals surface area (Å²) in [6.45, 7) is 3.69. The lowest BCUT2D eigenvalue weighted by atomic mass is 10.1. The monoisotopic (exact) mass is 289 g/mol. The molecule has 0 bridgehead atoms. The molecule has 2 aromatic carbocycles. The molecular formula is C17H20ClNO. The van der Waals surface area contributed by atoms with E-state index in [4.69, 9.17) is 16.3 Å². The highest BCUT2D eigenvalue weighted by Gasteiger charge is 2.03. The van der Waals surface area contributed by atoms with Gasteiger partial charge in [-0.3, -0.25) is 0 Å². The van der Waals surface area contributed by atoms with Crippen LogP contribution in [-0.2, 0) is 6.42 Å². The molecule has 2 aromatic rings. The summed E-state index contributed by atoms with van der Waals surface area (Å²) < 4.78 is 5.64. The highest BCUT2D eigenvalue weighted by Crippen LogP contribution is 2.11. The van der Waals surface area contributed by atoms with Crippen LogP contribution >= 0.6 is 11.6 Å². The third-order valence-corrected chi connectivity index (χ3v) is 3.31. The number of hydrogen-bond donors (Lipinski definition) is 1. The minimum atomic E-state index is 0.413. The Morgan fingerprint density at radius 1 is 1.05 bits per heavy atom. The minimum Gasteiger partial charge on any atom is -0.492 e. The summed E-state index contributed by atoms with van der Waals surface area (Å²) in [4.78, 5) is 0. The second-order valence-electron chi connectivity index (χ2n) is 4.85. The molecule has 2 nitrogen and oxygen atoms in total. The summed E-state index contributed by atoms with van der Waals surface area (Å²) in [7, 11) is 0. The fraction of sp³-hybridized carbons (Fsp3) is 0.294. The van der Waals surface area contributed by atoms with Crippen LogP contribution in [-0.4, -0.2) is 19.2 Å². The first-order chi connectivity index (χ1) is 9.74. The average Bonchev–Trinajstić information content (AvgIpc) is 2.47. The van der Waals surface area contributed by atoms with E-state index in [9.17, 15) is 0 Å². The van der Waals surface area contributed by atoms with Crippen LogP contribution < -0.4 is 10.1 Å². The molecular weight excluding hydrogens is 270 g/mol. The first kappa shape index (κ1) is 14.9. The van der Waals surface area contributed by atoms with E-state index in [1.54, 1.807) is 0 Å². The van der Waals surface area contributed by atoms with Crippen molar-refractivity contribution in [3.63, 3.8) is 0 Å². The molecule has 1 unspecified atom stereocenters. The van der Waals surface area contributed by atoms with Gasteiger partial charge in [-0.2, -0.15) is 0 Å². The van der Waals surface area contributed by atoms with Gasteiger partial charge in [0.05, 0.1) is 0 Å². The Morgan fingerprint density at radius 3 is 2.45 bits per heavy atom. The lowest BCUT2D eigenvalue weighted by Gasteiger charge is -2.14. The molecule has 106 valence electrons. The molecule has 1 N–H and O–H groups in total. The average molecular weight is 290 g/mol. The molecule has 0 saturated heterocycles. The molecule has 0 aliphatic rings. The number of para-hydroxylation sites is 1. The van der Waals surface area contributed by atoms with Gasteiger partial charge >= 0.3 is 0 Å². The van der Waals surface area contributed by atoms with Gasteiger partial charge in [-0.15, -0.1) is 0 Å². The van der Waals surface area contributed by atoms with Crippen molar-refractivity contribution in [1.29, 1.82) is 0 Å². The molecule has 0 aromatic heterocycles. The molecule has 0 saturated carbocycles. The van der Waals surface area contributed by atoms with Crippen LogP contribution in [0.5, 0.6) is 5.75 Å². The van der Waals surface area contributed by atoms with E-state index in [1.807, 2.05) is 42.5 Å². The zero-order valence-corrected chi connectivity index (χ0v) is 12.4. The van der Waals surface area contributed by atoms with E-state index in [2.05, 4.69) is 24.4 Å². The number of ether oxygens (including phenoxy) is 1. The first-order valence-corrected chi connectivity index (χ1v) is 7.27. The van der Waals surface area contributed by atoms with E-state index in [-0.39, 0.29) is 0 Å². The number of halogens is 1. The zero-order chi connectivity index (χ0) is 14.2. The van der Waals surface area contributed by atoms with Crippen molar-refractivity contribution in [3.05, 3.63) is 65.2 Å². The third kappa shape index (κ3) is 5.24. The smallest absolute Gasteiger partial charge is 0.119 e. The topological polar surface area (TPSA) is 21.3 Å². The lowest BCUT2D eigenvalue weighted by molar-refractivity contribution is 0.306. The quantitative estimate of drug-likeness (QED) is 0.780. The first-order valence-electron chi connectivity index (χ1n) is 6.90. The standard InChI is InChI=1S/C17H20ClNO/c1-14(13-15-7-9-16(18)10-8-15)19-11-12-20-17-5-3-2-4-6-17/h2-10,14,19H,11-13H2,1H3. The predicted octanol–water partition coefficient (Wildman–Crippen LogP) is 3.94. The molecule has 0 fully saturated rings. The largest absolute Gasteiger partial charge is 0.492 e. The molecule has 3 heteroatoms. The molecule has 2 rings (SSSR count). The van der Waals surface area contributed by atoms with Crippen molar-refractivity contribution >= 4 is 11.6 Å². The van der Waals surface area contributed by atoms with Crippen LogP contribution in [0.2, 0.25) is 5.02 Å². The lowest BCUT2D eigenvalue weighted by Crippen LogP contribution is -2.31. The maximum atomic E-state index is 5.88. The molecule has 0 radical (unpaired) electrons. The Labute approximate surface area is 125 Å². The van der Waals surface area contributed by atoms with Crippen LogP contribution in [0, 0.1) is 0 Å². The fourth-order valence-electron chi connectivity index (χ4n) is 2.04. The second-order valence-corrected chi connectivity index (χ2v) is 5.28. The number of benzene rings is 2. The molecule has 0 aliphatic heterocycles. The summed E-state index contributed by atoms with van der Waals surface area (Å²) in [5.74, 6) is 0.916. The van der Waals surface area contributed by atoms with E-state index >= 15 is 0 Å². The van der Waals surface area contributed by atoms with E-state index in [0.717, 1.165) is 23.7 Å². The van der Waals surface area contributed by atoms with Gasteiger partial charge in [0.2, 0.25) is 0 Å². The summed E-state index contributed by atoms with van der Waals surface area (Å²) in [6, 6.07) is 18.3. The van der Waals surface area contributed by atoms with Crippen LogP contribution in [0.3, 0.4) is 0 Å². The zero-order valence-electron chi connectivity index (χ0n) is 11.7. The van der Waals surface area contributed by atoms with Gasteiger partial charge in [-0.25, -0.2) is 0 Å². The van der Waals surface area contributed by atoms with Crippen LogP contribution in [0.1, 0.15) is 12.5 Å². The van der Waals surface area contributed by atoms with Crippen molar-refractivity contribution in [3.8, 4) is 5.75 Å². The van der Waals surface area contributed by atoms with Crippen molar-refractivity contribution in [2.45, 2.75) is 19.4 Å². The van der Waals surface area contributed by atoms with Crippen LogP contribution in [0.25, 0.3) is 0 Å². The Bertz CT molecular complexity index is 498. The Kier molecular flexibility index (Phi) is 5.90. The predicted molar refractivity (Wildman–Crippen MR) is 84.6 cm³/mol. The Hall–Kier alpha value is -1.51. The maximum Gasteiger partial charge on any atom is 0.119 e. The Balaban J connectivity index is 1.65. The molecule has 0 amide bonds. The van der Waals surface area contributed by atoms with Gasteiger partial charge in [-0.05, 0) is 43.2 Å².